The lowest BCUT2D eigenvalue weighted by Crippen LogP contribution is -2.39. The van der Waals surface area contributed by atoms with E-state index in [0.29, 0.717) is 30.8 Å². The molecule has 30 heavy (non-hydrogen) atoms. The number of aliphatic hydroxyl groups is 1. The van der Waals surface area contributed by atoms with Gasteiger partial charge in [-0.05, 0) is 35.7 Å². The molecule has 3 rings (SSSR count). The van der Waals surface area contributed by atoms with Crippen molar-refractivity contribution < 1.29 is 23.1 Å². The first-order valence-electron chi connectivity index (χ1n) is 9.81. The Hall–Kier alpha value is -2.58. The highest BCUT2D eigenvalue weighted by molar-refractivity contribution is 5.79. The third-order valence-electron chi connectivity index (χ3n) is 5.47. The molecule has 162 valence electrons. The lowest BCUT2D eigenvalue weighted by atomic mass is 10.0. The summed E-state index contributed by atoms with van der Waals surface area (Å²) in [6, 6.07) is 11.7. The molecule has 2 aromatic rings. The Bertz CT molecular complexity index is 871. The van der Waals surface area contributed by atoms with Gasteiger partial charge in [0, 0.05) is 32.4 Å². The van der Waals surface area contributed by atoms with Gasteiger partial charge < -0.3 is 15.7 Å². The third-order valence-corrected chi connectivity index (χ3v) is 5.47. The normalized spacial score (nSPS) is 18.4. The minimum Gasteiger partial charge on any atom is -0.399 e. The Balaban J connectivity index is 1.78. The highest BCUT2D eigenvalue weighted by Crippen LogP contribution is 2.30. The number of aliphatic hydroxyl groups excluding tert-OH is 1. The Labute approximate surface area is 173 Å². The number of alkyl halides is 3. The molecule has 2 aromatic carbocycles. The number of nitrogens with two attached hydrogens (primary N) is 1. The van der Waals surface area contributed by atoms with Gasteiger partial charge in [0.1, 0.15) is 0 Å². The van der Waals surface area contributed by atoms with Gasteiger partial charge in [0.05, 0.1) is 24.1 Å². The van der Waals surface area contributed by atoms with E-state index in [9.17, 15) is 23.1 Å². The quantitative estimate of drug-likeness (QED) is 0.704. The van der Waals surface area contributed by atoms with E-state index >= 15 is 0 Å². The zero-order valence-corrected chi connectivity index (χ0v) is 16.8. The van der Waals surface area contributed by atoms with Gasteiger partial charge in [-0.15, -0.1) is 0 Å². The molecular weight excluding hydrogens is 395 g/mol. The fraction of sp³-hybridized carbons (Fsp3) is 0.409. The number of carbonyl (C=O) groups is 1. The predicted molar refractivity (Wildman–Crippen MR) is 109 cm³/mol. The molecule has 0 bridgehead atoms. The minimum atomic E-state index is -4.45. The molecule has 0 radical (unpaired) electrons. The molecule has 1 fully saturated rings. The molecule has 0 saturated carbocycles. The van der Waals surface area contributed by atoms with Gasteiger partial charge >= 0.3 is 6.18 Å². The molecule has 8 heteroatoms. The maximum atomic E-state index is 13.0. The van der Waals surface area contributed by atoms with Crippen molar-refractivity contribution in [3.8, 4) is 0 Å². The molecule has 2 atom stereocenters. The maximum Gasteiger partial charge on any atom is 0.416 e. The van der Waals surface area contributed by atoms with Gasteiger partial charge in [-0.25, -0.2) is 0 Å². The Morgan fingerprint density at radius 2 is 1.97 bits per heavy atom. The largest absolute Gasteiger partial charge is 0.416 e. The van der Waals surface area contributed by atoms with E-state index in [1.165, 1.54) is 12.1 Å². The van der Waals surface area contributed by atoms with Crippen LogP contribution < -0.4 is 5.73 Å². The predicted octanol–water partition coefficient (Wildman–Crippen LogP) is 3.10. The van der Waals surface area contributed by atoms with Crippen molar-refractivity contribution in [2.75, 3.05) is 32.4 Å². The van der Waals surface area contributed by atoms with Crippen LogP contribution >= 0.6 is 0 Å². The average molecular weight is 421 g/mol. The number of hydrogen-bond donors (Lipinski definition) is 2. The number of hydrogen-bond acceptors (Lipinski definition) is 4. The third kappa shape index (κ3) is 5.52. The molecule has 1 aliphatic rings. The molecular formula is C22H26F3N3O2. The number of benzene rings is 2. The number of carbonyl (C=O) groups excluding carboxylic acids is 1. The Morgan fingerprint density at radius 3 is 2.57 bits per heavy atom. The topological polar surface area (TPSA) is 69.8 Å². The van der Waals surface area contributed by atoms with Gasteiger partial charge in [0.15, 0.2) is 0 Å². The summed E-state index contributed by atoms with van der Waals surface area (Å²) in [6.07, 6.45) is -4.29. The summed E-state index contributed by atoms with van der Waals surface area (Å²) in [5, 5.41) is 9.82. The van der Waals surface area contributed by atoms with E-state index in [4.69, 9.17) is 5.73 Å². The number of anilines is 1. The average Bonchev–Trinajstić information content (AvgIpc) is 3.11. The Morgan fingerprint density at radius 1 is 1.27 bits per heavy atom. The number of nitrogen functional groups attached to an aromatic ring is 1. The van der Waals surface area contributed by atoms with Crippen LogP contribution in [-0.4, -0.2) is 53.6 Å². The van der Waals surface area contributed by atoms with Crippen LogP contribution in [0.5, 0.6) is 0 Å². The van der Waals surface area contributed by atoms with E-state index in [1.807, 2.05) is 12.1 Å². The molecule has 1 amide bonds. The second-order valence-corrected chi connectivity index (χ2v) is 7.76. The second-order valence-electron chi connectivity index (χ2n) is 7.76. The van der Waals surface area contributed by atoms with Crippen molar-refractivity contribution in [1.82, 2.24) is 9.80 Å². The van der Waals surface area contributed by atoms with Gasteiger partial charge in [0.25, 0.3) is 0 Å². The minimum absolute atomic E-state index is 0.130. The fourth-order valence-electron chi connectivity index (χ4n) is 3.72. The molecule has 0 spiro atoms. The van der Waals surface area contributed by atoms with Crippen molar-refractivity contribution in [2.45, 2.75) is 31.2 Å². The lowest BCUT2D eigenvalue weighted by molar-refractivity contribution is -0.138. The molecule has 0 aliphatic carbocycles. The summed E-state index contributed by atoms with van der Waals surface area (Å²) in [6.45, 7) is 1.77. The van der Waals surface area contributed by atoms with E-state index in [1.54, 1.807) is 24.1 Å². The molecule has 2 unspecified atom stereocenters. The number of likely N-dealkylation sites (N-methyl/N-ethyl adjacent to an activating group) is 1. The summed E-state index contributed by atoms with van der Waals surface area (Å²) in [7, 11) is 1.66. The zero-order valence-electron chi connectivity index (χ0n) is 16.8. The smallest absolute Gasteiger partial charge is 0.399 e. The zero-order chi connectivity index (χ0) is 21.9. The summed E-state index contributed by atoms with van der Waals surface area (Å²) >= 11 is 0. The van der Waals surface area contributed by atoms with Crippen molar-refractivity contribution >= 4 is 11.6 Å². The number of rotatable bonds is 6. The highest BCUT2D eigenvalue weighted by Gasteiger charge is 2.31. The lowest BCUT2D eigenvalue weighted by Gasteiger charge is -2.32. The standard InChI is InChI=1S/C22H26F3N3O2/c1-27(21(30)12-15-3-2-4-17(11-15)22(23,24)25)20(14-28-10-9-19(29)13-28)16-5-7-18(26)8-6-16/h2-8,11,19-20,29H,9-10,12-14,26H2,1H3. The first-order chi connectivity index (χ1) is 14.1. The SMILES string of the molecule is CN(C(=O)Cc1cccc(C(F)(F)F)c1)C(CN1CCC(O)C1)c1ccc(N)cc1. The second kappa shape index (κ2) is 9.06. The fourth-order valence-corrected chi connectivity index (χ4v) is 3.72. The van der Waals surface area contributed by atoms with Crippen LogP contribution in [0.25, 0.3) is 0 Å². The van der Waals surface area contributed by atoms with E-state index in [0.717, 1.165) is 24.2 Å². The van der Waals surface area contributed by atoms with Crippen LogP contribution in [0.3, 0.4) is 0 Å². The molecule has 3 N–H and O–H groups in total. The molecule has 0 aromatic heterocycles. The number of amides is 1. The highest BCUT2D eigenvalue weighted by atomic mass is 19.4. The summed E-state index contributed by atoms with van der Waals surface area (Å²) in [5.74, 6) is -0.282. The van der Waals surface area contributed by atoms with Crippen LogP contribution in [0.1, 0.15) is 29.2 Å². The first-order valence-corrected chi connectivity index (χ1v) is 9.81. The van der Waals surface area contributed by atoms with Crippen molar-refractivity contribution in [2.24, 2.45) is 0 Å². The number of nitrogens with zero attached hydrogens (tertiary/aromatic N) is 2. The molecule has 1 heterocycles. The van der Waals surface area contributed by atoms with Gasteiger partial charge in [0.2, 0.25) is 5.91 Å². The summed E-state index contributed by atoms with van der Waals surface area (Å²) < 4.78 is 38.9. The van der Waals surface area contributed by atoms with Crippen molar-refractivity contribution in [3.05, 3.63) is 65.2 Å². The van der Waals surface area contributed by atoms with Crippen LogP contribution in [0, 0.1) is 0 Å². The van der Waals surface area contributed by atoms with Crippen LogP contribution in [0.2, 0.25) is 0 Å². The summed E-state index contributed by atoms with van der Waals surface area (Å²) in [5.41, 5.74) is 6.81. The number of likely N-dealkylation sites (tertiary alicyclic amines) is 1. The monoisotopic (exact) mass is 421 g/mol. The summed E-state index contributed by atoms with van der Waals surface area (Å²) in [4.78, 5) is 16.6. The van der Waals surface area contributed by atoms with E-state index in [2.05, 4.69) is 4.90 Å². The van der Waals surface area contributed by atoms with Crippen molar-refractivity contribution in [3.63, 3.8) is 0 Å². The van der Waals surface area contributed by atoms with Crippen LogP contribution in [-0.2, 0) is 17.4 Å². The van der Waals surface area contributed by atoms with E-state index < -0.39 is 11.7 Å². The van der Waals surface area contributed by atoms with Crippen LogP contribution in [0.15, 0.2) is 48.5 Å². The maximum absolute atomic E-state index is 13.0. The Kier molecular flexibility index (Phi) is 6.67. The molecule has 1 saturated heterocycles. The van der Waals surface area contributed by atoms with E-state index in [-0.39, 0.29) is 24.5 Å². The first kappa shape index (κ1) is 22.1. The van der Waals surface area contributed by atoms with Gasteiger partial charge in [-0.1, -0.05) is 30.3 Å². The van der Waals surface area contributed by atoms with Crippen LogP contribution in [0.4, 0.5) is 18.9 Å². The van der Waals surface area contributed by atoms with Crippen molar-refractivity contribution in [1.29, 1.82) is 0 Å². The number of β-amino-alcohol motifs (C(OH)–C–C–N with tert-alkyl or cyclic N) is 1. The van der Waals surface area contributed by atoms with Gasteiger partial charge in [-0.2, -0.15) is 13.2 Å². The molecule has 5 nitrogen and oxygen atoms in total. The van der Waals surface area contributed by atoms with Gasteiger partial charge in [-0.3, -0.25) is 9.69 Å². The molecule has 1 aliphatic heterocycles. The number of halogens is 3.